The molecule has 0 aliphatic carbocycles. The fourth-order valence-electron chi connectivity index (χ4n) is 2.68. The number of esters is 1. The van der Waals surface area contributed by atoms with Crippen molar-refractivity contribution in [3.8, 4) is 0 Å². The average molecular weight is 296 g/mol. The van der Waals surface area contributed by atoms with Gasteiger partial charge < -0.3 is 9.47 Å². The molecule has 1 aromatic heterocycles. The lowest BCUT2D eigenvalue weighted by atomic mass is 9.98. The number of aromatic amines is 1. The predicted molar refractivity (Wildman–Crippen MR) is 75.0 cm³/mol. The molecule has 0 radical (unpaired) electrons. The first-order valence-electron chi connectivity index (χ1n) is 6.99. The predicted octanol–water partition coefficient (Wildman–Crippen LogP) is 0.720. The lowest BCUT2D eigenvalue weighted by Gasteiger charge is -2.22. The maximum Gasteiger partial charge on any atom is 0.330 e. The number of carbonyl (C=O) groups excluding carboxylic acids is 1. The Labute approximate surface area is 121 Å². The van der Waals surface area contributed by atoms with Crippen LogP contribution in [-0.4, -0.2) is 27.7 Å². The average Bonchev–Trinajstić information content (AvgIpc) is 2.71. The molecule has 1 unspecified atom stereocenters. The lowest BCUT2D eigenvalue weighted by molar-refractivity contribution is -0.153. The summed E-state index contributed by atoms with van der Waals surface area (Å²) in [7, 11) is 0. The Hall–Kier alpha value is -1.89. The first-order valence-corrected chi connectivity index (χ1v) is 6.99. The molecule has 1 aliphatic heterocycles. The Morgan fingerprint density at radius 3 is 2.71 bits per heavy atom. The minimum Gasteiger partial charge on any atom is -0.457 e. The van der Waals surface area contributed by atoms with Gasteiger partial charge in [-0.25, -0.2) is 4.79 Å². The molecule has 1 N–H and O–H groups in total. The normalized spacial score (nSPS) is 28.6. The first kappa shape index (κ1) is 15.5. The molecule has 2 heterocycles. The van der Waals surface area contributed by atoms with Crippen LogP contribution in [0.1, 0.15) is 39.0 Å². The molecule has 0 bridgehead atoms. The molecule has 7 nitrogen and oxygen atoms in total. The lowest BCUT2D eigenvalue weighted by Crippen LogP contribution is -2.38. The van der Waals surface area contributed by atoms with Gasteiger partial charge in [0, 0.05) is 24.6 Å². The summed E-state index contributed by atoms with van der Waals surface area (Å²) in [5, 5.41) is 0. The van der Waals surface area contributed by atoms with E-state index < -0.39 is 29.6 Å². The summed E-state index contributed by atoms with van der Waals surface area (Å²) in [6.45, 7) is 6.82. The van der Waals surface area contributed by atoms with Crippen molar-refractivity contribution >= 4 is 5.97 Å². The van der Waals surface area contributed by atoms with Crippen LogP contribution in [0.4, 0.5) is 0 Å². The highest BCUT2D eigenvalue weighted by molar-refractivity contribution is 5.66. The zero-order valence-corrected chi connectivity index (χ0v) is 12.6. The van der Waals surface area contributed by atoms with Crippen LogP contribution in [0.25, 0.3) is 0 Å². The second kappa shape index (κ2) is 5.85. The molecular formula is C14H20N2O5. The van der Waals surface area contributed by atoms with Crippen molar-refractivity contribution in [3.05, 3.63) is 32.6 Å². The quantitative estimate of drug-likeness (QED) is 0.830. The highest BCUT2D eigenvalue weighted by Gasteiger charge is 2.44. The molecule has 0 amide bonds. The van der Waals surface area contributed by atoms with Crippen molar-refractivity contribution in [1.29, 1.82) is 0 Å². The second-order valence-electron chi connectivity index (χ2n) is 5.39. The van der Waals surface area contributed by atoms with E-state index in [9.17, 15) is 14.4 Å². The maximum atomic E-state index is 12.0. The summed E-state index contributed by atoms with van der Waals surface area (Å²) in [6.07, 6.45) is 0.783. The first-order chi connectivity index (χ1) is 9.85. The highest BCUT2D eigenvalue weighted by atomic mass is 16.6. The monoisotopic (exact) mass is 296 g/mol. The van der Waals surface area contributed by atoms with Crippen molar-refractivity contribution in [2.75, 3.05) is 0 Å². The highest BCUT2D eigenvalue weighted by Crippen LogP contribution is 2.36. The molecule has 4 atom stereocenters. The molecule has 1 fully saturated rings. The van der Waals surface area contributed by atoms with Crippen molar-refractivity contribution < 1.29 is 14.3 Å². The van der Waals surface area contributed by atoms with Gasteiger partial charge >= 0.3 is 11.7 Å². The topological polar surface area (TPSA) is 90.4 Å². The largest absolute Gasteiger partial charge is 0.457 e. The van der Waals surface area contributed by atoms with Crippen LogP contribution in [0.2, 0.25) is 0 Å². The van der Waals surface area contributed by atoms with Gasteiger partial charge in [-0.15, -0.1) is 0 Å². The number of rotatable bonds is 3. The SMILES string of the molecule is CC[C@H]1O[C@@H](n2cc(C)c(=O)[nH]c2=O)C(OC(C)=O)[C@H]1C. The third kappa shape index (κ3) is 2.92. The maximum absolute atomic E-state index is 12.0. The van der Waals surface area contributed by atoms with E-state index in [1.54, 1.807) is 6.92 Å². The smallest absolute Gasteiger partial charge is 0.330 e. The third-order valence-electron chi connectivity index (χ3n) is 3.82. The molecule has 0 aromatic carbocycles. The number of H-pyrrole nitrogens is 1. The molecule has 21 heavy (non-hydrogen) atoms. The van der Waals surface area contributed by atoms with Gasteiger partial charge in [0.2, 0.25) is 0 Å². The zero-order chi connectivity index (χ0) is 15.7. The van der Waals surface area contributed by atoms with Gasteiger partial charge in [-0.1, -0.05) is 13.8 Å². The van der Waals surface area contributed by atoms with Crippen molar-refractivity contribution in [3.63, 3.8) is 0 Å². The van der Waals surface area contributed by atoms with E-state index in [-0.39, 0.29) is 12.0 Å². The molecule has 0 saturated carbocycles. The Balaban J connectivity index is 2.45. The van der Waals surface area contributed by atoms with Gasteiger partial charge in [-0.05, 0) is 13.3 Å². The van der Waals surface area contributed by atoms with Gasteiger partial charge in [0.05, 0.1) is 6.10 Å². The van der Waals surface area contributed by atoms with Crippen LogP contribution in [-0.2, 0) is 14.3 Å². The summed E-state index contributed by atoms with van der Waals surface area (Å²) in [5.74, 6) is -0.463. The Morgan fingerprint density at radius 1 is 1.48 bits per heavy atom. The number of nitrogens with zero attached hydrogens (tertiary/aromatic N) is 1. The summed E-state index contributed by atoms with van der Waals surface area (Å²) in [6, 6.07) is 0. The van der Waals surface area contributed by atoms with E-state index >= 15 is 0 Å². The fraction of sp³-hybridized carbons (Fsp3) is 0.643. The van der Waals surface area contributed by atoms with Crippen LogP contribution in [0, 0.1) is 12.8 Å². The Kier molecular flexibility index (Phi) is 4.32. The van der Waals surface area contributed by atoms with E-state index in [1.807, 2.05) is 13.8 Å². The molecular weight excluding hydrogens is 276 g/mol. The van der Waals surface area contributed by atoms with E-state index in [2.05, 4.69) is 4.98 Å². The number of hydrogen-bond acceptors (Lipinski definition) is 5. The van der Waals surface area contributed by atoms with Crippen LogP contribution in [0.15, 0.2) is 15.8 Å². The molecule has 0 spiro atoms. The van der Waals surface area contributed by atoms with Gasteiger partial charge in [-0.3, -0.25) is 19.1 Å². The van der Waals surface area contributed by atoms with Gasteiger partial charge in [0.25, 0.3) is 5.56 Å². The number of nitrogens with one attached hydrogen (secondary N) is 1. The number of ether oxygens (including phenoxy) is 2. The van der Waals surface area contributed by atoms with Gasteiger partial charge in [0.1, 0.15) is 0 Å². The summed E-state index contributed by atoms with van der Waals surface area (Å²) < 4.78 is 12.5. The van der Waals surface area contributed by atoms with Crippen LogP contribution >= 0.6 is 0 Å². The van der Waals surface area contributed by atoms with Crippen LogP contribution in [0.3, 0.4) is 0 Å². The Morgan fingerprint density at radius 2 is 2.14 bits per heavy atom. The standard InChI is InChI=1S/C14H20N2O5/c1-5-10-8(3)11(20-9(4)17)13(21-10)16-6-7(2)12(18)15-14(16)19/h6,8,10-11,13H,5H2,1-4H3,(H,15,18,19)/t8-,10+,11?,13+/m0/s1. The minimum atomic E-state index is -0.725. The molecule has 2 rings (SSSR count). The van der Waals surface area contributed by atoms with Crippen LogP contribution in [0.5, 0.6) is 0 Å². The van der Waals surface area contributed by atoms with Gasteiger partial charge in [0.15, 0.2) is 12.3 Å². The zero-order valence-electron chi connectivity index (χ0n) is 12.6. The van der Waals surface area contributed by atoms with E-state index in [0.717, 1.165) is 6.42 Å². The number of hydrogen-bond donors (Lipinski definition) is 1. The van der Waals surface area contributed by atoms with E-state index in [1.165, 1.54) is 17.7 Å². The van der Waals surface area contributed by atoms with E-state index in [4.69, 9.17) is 9.47 Å². The number of carbonyl (C=O) groups is 1. The molecule has 1 aromatic rings. The molecule has 116 valence electrons. The van der Waals surface area contributed by atoms with Crippen molar-refractivity contribution in [2.45, 2.75) is 52.6 Å². The second-order valence-corrected chi connectivity index (χ2v) is 5.39. The van der Waals surface area contributed by atoms with E-state index in [0.29, 0.717) is 5.56 Å². The van der Waals surface area contributed by atoms with Crippen molar-refractivity contribution in [2.24, 2.45) is 5.92 Å². The molecule has 1 saturated heterocycles. The number of aryl methyl sites for hydroxylation is 1. The molecule has 1 aliphatic rings. The fourth-order valence-corrected chi connectivity index (χ4v) is 2.68. The molecule has 7 heteroatoms. The van der Waals surface area contributed by atoms with Gasteiger partial charge in [-0.2, -0.15) is 0 Å². The van der Waals surface area contributed by atoms with Crippen LogP contribution < -0.4 is 11.2 Å². The number of aromatic nitrogens is 2. The summed E-state index contributed by atoms with van der Waals surface area (Å²) in [4.78, 5) is 37.0. The Bertz CT molecular complexity index is 647. The summed E-state index contributed by atoms with van der Waals surface area (Å²) in [5.41, 5.74) is -0.609. The summed E-state index contributed by atoms with van der Waals surface area (Å²) >= 11 is 0. The third-order valence-corrected chi connectivity index (χ3v) is 3.82. The minimum absolute atomic E-state index is 0.0389. The van der Waals surface area contributed by atoms with Crippen molar-refractivity contribution in [1.82, 2.24) is 9.55 Å².